The third-order valence-corrected chi connectivity index (χ3v) is 6.43. The molecule has 0 N–H and O–H groups in total. The number of aryl methyl sites for hydroxylation is 1. The van der Waals surface area contributed by atoms with Crippen molar-refractivity contribution in [3.05, 3.63) is 83.9 Å². The number of hydrogen-bond donors (Lipinski definition) is 0. The minimum Gasteiger partial charge on any atom is -0.431 e. The zero-order valence-corrected chi connectivity index (χ0v) is 21.3. The fourth-order valence-corrected chi connectivity index (χ4v) is 4.39. The molecule has 0 spiro atoms. The Kier molecular flexibility index (Phi) is 9.66. The van der Waals surface area contributed by atoms with Crippen LogP contribution in [0.25, 0.3) is 22.3 Å². The molecule has 0 aliphatic rings. The van der Waals surface area contributed by atoms with Crippen molar-refractivity contribution in [2.45, 2.75) is 65.9 Å². The first-order valence-corrected chi connectivity index (χ1v) is 12.7. The van der Waals surface area contributed by atoms with Gasteiger partial charge in [-0.1, -0.05) is 101 Å². The van der Waals surface area contributed by atoms with Gasteiger partial charge in [-0.25, -0.2) is 9.59 Å². The molecule has 3 aromatic carbocycles. The van der Waals surface area contributed by atoms with Gasteiger partial charge >= 0.3 is 12.1 Å². The van der Waals surface area contributed by atoms with Gasteiger partial charge < -0.3 is 9.47 Å². The predicted molar refractivity (Wildman–Crippen MR) is 141 cm³/mol. The van der Waals surface area contributed by atoms with Crippen LogP contribution in [0.1, 0.15) is 69.3 Å². The topological polar surface area (TPSA) is 52.6 Å². The summed E-state index contributed by atoms with van der Waals surface area (Å²) in [4.78, 5) is 24.6. The summed E-state index contributed by atoms with van der Waals surface area (Å²) >= 11 is 0. The van der Waals surface area contributed by atoms with Gasteiger partial charge in [0.25, 0.3) is 0 Å². The molecule has 3 aromatic rings. The summed E-state index contributed by atoms with van der Waals surface area (Å²) in [5.74, 6) is -0.226. The number of carbonyl (C=O) groups excluding carboxylic acids is 2. The highest BCUT2D eigenvalue weighted by molar-refractivity contribution is 5.96. The minimum absolute atomic E-state index is 0.297. The molecule has 4 heteroatoms. The molecule has 0 heterocycles. The van der Waals surface area contributed by atoms with E-state index in [1.165, 1.54) is 5.56 Å². The quantitative estimate of drug-likeness (QED) is 0.219. The maximum Gasteiger partial charge on any atom is 0.516 e. The van der Waals surface area contributed by atoms with Gasteiger partial charge in [0, 0.05) is 0 Å². The van der Waals surface area contributed by atoms with E-state index in [4.69, 9.17) is 9.47 Å². The Morgan fingerprint density at radius 2 is 1.46 bits per heavy atom. The Bertz CT molecular complexity index is 1100. The summed E-state index contributed by atoms with van der Waals surface area (Å²) in [5, 5.41) is 0. The lowest BCUT2D eigenvalue weighted by Crippen LogP contribution is -2.21. The van der Waals surface area contributed by atoms with E-state index in [0.717, 1.165) is 54.4 Å². The normalized spacial score (nSPS) is 11.8. The van der Waals surface area contributed by atoms with Gasteiger partial charge in [-0.3, -0.25) is 0 Å². The fraction of sp³-hybridized carbons (Fsp3) is 0.355. The molecule has 0 saturated heterocycles. The van der Waals surface area contributed by atoms with E-state index < -0.39 is 12.1 Å². The molecule has 4 nitrogen and oxygen atoms in total. The summed E-state index contributed by atoms with van der Waals surface area (Å²) in [5.41, 5.74) is 5.99. The summed E-state index contributed by atoms with van der Waals surface area (Å²) < 4.78 is 10.2. The molecule has 0 radical (unpaired) electrons. The van der Waals surface area contributed by atoms with Crippen molar-refractivity contribution in [2.75, 3.05) is 0 Å². The summed E-state index contributed by atoms with van der Waals surface area (Å²) in [6.45, 7) is 8.25. The lowest BCUT2D eigenvalue weighted by molar-refractivity contribution is 0.0201. The van der Waals surface area contributed by atoms with Crippen molar-refractivity contribution in [3.63, 3.8) is 0 Å². The van der Waals surface area contributed by atoms with E-state index in [9.17, 15) is 9.59 Å². The van der Waals surface area contributed by atoms with Gasteiger partial charge in [-0.05, 0) is 65.6 Å². The third-order valence-electron chi connectivity index (χ3n) is 6.43. The monoisotopic (exact) mass is 472 g/mol. The first kappa shape index (κ1) is 26.2. The van der Waals surface area contributed by atoms with Crippen molar-refractivity contribution in [1.82, 2.24) is 0 Å². The molecule has 35 heavy (non-hydrogen) atoms. The maximum absolute atomic E-state index is 12.5. The van der Waals surface area contributed by atoms with E-state index in [-0.39, 0.29) is 6.10 Å². The van der Waals surface area contributed by atoms with Crippen molar-refractivity contribution >= 4 is 12.1 Å². The first-order chi connectivity index (χ1) is 16.9. The number of esters is 1. The second kappa shape index (κ2) is 12.9. The van der Waals surface area contributed by atoms with Crippen LogP contribution in [0.5, 0.6) is 0 Å². The van der Waals surface area contributed by atoms with E-state index in [1.807, 2.05) is 37.3 Å². The second-order valence-corrected chi connectivity index (χ2v) is 9.06. The van der Waals surface area contributed by atoms with Crippen LogP contribution in [0.2, 0.25) is 0 Å². The van der Waals surface area contributed by atoms with Crippen LogP contribution in [0.4, 0.5) is 4.79 Å². The van der Waals surface area contributed by atoms with E-state index in [1.54, 1.807) is 12.1 Å². The SMILES string of the molecule is CCCc1ccc(-c2ccc(C(=O)OC(=O)O[C@H](C)CC(CC)CC)cc2)c(-c2ccccc2)c1. The van der Waals surface area contributed by atoms with Crippen LogP contribution in [-0.4, -0.2) is 18.2 Å². The molecular weight excluding hydrogens is 436 g/mol. The van der Waals surface area contributed by atoms with Gasteiger partial charge in [-0.2, -0.15) is 0 Å². The lowest BCUT2D eigenvalue weighted by Gasteiger charge is -2.18. The molecule has 0 amide bonds. The number of ether oxygens (including phenoxy) is 2. The summed E-state index contributed by atoms with van der Waals surface area (Å²) in [6, 6.07) is 24.0. The molecule has 0 saturated carbocycles. The number of hydrogen-bond acceptors (Lipinski definition) is 4. The van der Waals surface area contributed by atoms with Gasteiger partial charge in [0.1, 0.15) is 6.10 Å². The van der Waals surface area contributed by atoms with Gasteiger partial charge in [0.2, 0.25) is 0 Å². The smallest absolute Gasteiger partial charge is 0.431 e. The zero-order valence-electron chi connectivity index (χ0n) is 21.3. The van der Waals surface area contributed by atoms with Crippen LogP contribution in [0.15, 0.2) is 72.8 Å². The molecular formula is C31H36O4. The largest absolute Gasteiger partial charge is 0.516 e. The molecule has 3 rings (SSSR count). The number of carbonyl (C=O) groups is 2. The molecule has 0 aliphatic carbocycles. The minimum atomic E-state index is -0.949. The highest BCUT2D eigenvalue weighted by atomic mass is 16.7. The molecule has 184 valence electrons. The Labute approximate surface area is 209 Å². The van der Waals surface area contributed by atoms with Crippen LogP contribution in [0, 0.1) is 5.92 Å². The molecule has 0 unspecified atom stereocenters. The third kappa shape index (κ3) is 7.29. The average molecular weight is 473 g/mol. The van der Waals surface area contributed by atoms with Crippen LogP contribution < -0.4 is 0 Å². The average Bonchev–Trinajstić information content (AvgIpc) is 2.88. The Balaban J connectivity index is 1.73. The standard InChI is InChI=1S/C31H36O4/c1-5-11-24-14-19-28(29(21-24)25-12-9-8-10-13-25)26-15-17-27(18-16-26)30(32)35-31(33)34-22(4)20-23(6-2)7-3/h8-10,12-19,21-23H,5-7,11,20H2,1-4H3/t22-/m1/s1. The highest BCUT2D eigenvalue weighted by Gasteiger charge is 2.19. The van der Waals surface area contributed by atoms with Crippen molar-refractivity contribution in [2.24, 2.45) is 5.92 Å². The van der Waals surface area contributed by atoms with Crippen LogP contribution in [0.3, 0.4) is 0 Å². The highest BCUT2D eigenvalue weighted by Crippen LogP contribution is 2.33. The molecule has 0 fully saturated rings. The summed E-state index contributed by atoms with van der Waals surface area (Å²) in [6.07, 6.45) is 3.67. The van der Waals surface area contributed by atoms with Crippen molar-refractivity contribution in [1.29, 1.82) is 0 Å². The zero-order chi connectivity index (χ0) is 25.2. The van der Waals surface area contributed by atoms with Gasteiger partial charge in [-0.15, -0.1) is 0 Å². The van der Waals surface area contributed by atoms with E-state index in [2.05, 4.69) is 51.1 Å². The Morgan fingerprint density at radius 1 is 0.800 bits per heavy atom. The van der Waals surface area contributed by atoms with Gasteiger partial charge in [0.05, 0.1) is 5.56 Å². The first-order valence-electron chi connectivity index (χ1n) is 12.7. The Morgan fingerprint density at radius 3 is 2.09 bits per heavy atom. The van der Waals surface area contributed by atoms with Crippen LogP contribution in [-0.2, 0) is 15.9 Å². The molecule has 0 bridgehead atoms. The maximum atomic E-state index is 12.5. The predicted octanol–water partition coefficient (Wildman–Crippen LogP) is 8.48. The number of rotatable bonds is 10. The van der Waals surface area contributed by atoms with E-state index >= 15 is 0 Å². The van der Waals surface area contributed by atoms with Crippen molar-refractivity contribution < 1.29 is 19.1 Å². The van der Waals surface area contributed by atoms with Crippen molar-refractivity contribution in [3.8, 4) is 22.3 Å². The van der Waals surface area contributed by atoms with Gasteiger partial charge in [0.15, 0.2) is 0 Å². The molecule has 0 aliphatic heterocycles. The molecule has 1 atom stereocenters. The summed E-state index contributed by atoms with van der Waals surface area (Å²) in [7, 11) is 0. The Hall–Kier alpha value is -3.40. The molecule has 0 aromatic heterocycles. The van der Waals surface area contributed by atoms with Crippen LogP contribution >= 0.6 is 0 Å². The lowest BCUT2D eigenvalue weighted by atomic mass is 9.91. The number of benzene rings is 3. The second-order valence-electron chi connectivity index (χ2n) is 9.06. The van der Waals surface area contributed by atoms with E-state index in [0.29, 0.717) is 11.5 Å². The fourth-order valence-electron chi connectivity index (χ4n) is 4.39.